The van der Waals surface area contributed by atoms with Crippen molar-refractivity contribution in [2.75, 3.05) is 20.0 Å². The lowest BCUT2D eigenvalue weighted by Gasteiger charge is -2.20. The summed E-state index contributed by atoms with van der Waals surface area (Å²) in [7, 11) is 1.69. The maximum absolute atomic E-state index is 10.3. The van der Waals surface area contributed by atoms with Gasteiger partial charge in [0.1, 0.15) is 0 Å². The molecule has 0 spiro atoms. The Morgan fingerprint density at radius 1 is 1.38 bits per heavy atom. The molecule has 90 valence electrons. The maximum atomic E-state index is 10.3. The third kappa shape index (κ3) is 3.51. The van der Waals surface area contributed by atoms with Gasteiger partial charge in [-0.15, -0.1) is 11.8 Å². The minimum atomic E-state index is -0.404. The number of aliphatic hydroxyl groups excluding tert-OH is 1. The number of hydrogen-bond donors (Lipinski definition) is 1. The number of ether oxygens (including phenoxy) is 1. The van der Waals surface area contributed by atoms with E-state index in [-0.39, 0.29) is 5.92 Å². The smallest absolute Gasteiger partial charge is 0.0827 e. The van der Waals surface area contributed by atoms with Crippen molar-refractivity contribution in [3.05, 3.63) is 29.8 Å². The van der Waals surface area contributed by atoms with Gasteiger partial charge in [0.05, 0.1) is 6.10 Å². The van der Waals surface area contributed by atoms with Gasteiger partial charge in [-0.1, -0.05) is 25.1 Å². The molecule has 1 aromatic carbocycles. The van der Waals surface area contributed by atoms with Gasteiger partial charge in [-0.25, -0.2) is 0 Å². The fourth-order valence-corrected chi connectivity index (χ4v) is 2.32. The molecule has 0 aromatic heterocycles. The van der Waals surface area contributed by atoms with Gasteiger partial charge in [0, 0.05) is 18.6 Å². The largest absolute Gasteiger partial charge is 0.388 e. The second kappa shape index (κ2) is 6.94. The monoisotopic (exact) mass is 240 g/mol. The zero-order valence-electron chi connectivity index (χ0n) is 10.1. The van der Waals surface area contributed by atoms with Crippen LogP contribution < -0.4 is 0 Å². The highest BCUT2D eigenvalue weighted by Crippen LogP contribution is 2.31. The summed E-state index contributed by atoms with van der Waals surface area (Å²) in [6.07, 6.45) is 2.50. The predicted octanol–water partition coefficient (Wildman–Crippen LogP) is 3.11. The molecule has 0 fully saturated rings. The zero-order valence-corrected chi connectivity index (χ0v) is 11.0. The summed E-state index contributed by atoms with van der Waals surface area (Å²) in [6, 6.07) is 8.02. The molecule has 1 rings (SSSR count). The van der Waals surface area contributed by atoms with Gasteiger partial charge in [0.15, 0.2) is 0 Å². The molecule has 0 aliphatic rings. The molecule has 0 aliphatic heterocycles. The summed E-state index contributed by atoms with van der Waals surface area (Å²) in [6.45, 7) is 2.75. The number of methoxy groups -OCH3 is 1. The molecular weight excluding hydrogens is 220 g/mol. The molecule has 0 heterocycles. The molecule has 1 aromatic rings. The van der Waals surface area contributed by atoms with E-state index in [2.05, 4.69) is 6.92 Å². The van der Waals surface area contributed by atoms with E-state index in [1.54, 1.807) is 18.9 Å². The molecule has 0 saturated carbocycles. The second-order valence-corrected chi connectivity index (χ2v) is 4.79. The molecule has 0 radical (unpaired) electrons. The van der Waals surface area contributed by atoms with Crippen LogP contribution in [0.4, 0.5) is 0 Å². The molecule has 0 saturated heterocycles. The number of benzene rings is 1. The van der Waals surface area contributed by atoms with Crippen LogP contribution in [0, 0.1) is 5.92 Å². The Labute approximate surface area is 102 Å². The Hall–Kier alpha value is -0.510. The van der Waals surface area contributed by atoms with Crippen LogP contribution in [0.15, 0.2) is 29.2 Å². The van der Waals surface area contributed by atoms with Gasteiger partial charge in [0.2, 0.25) is 0 Å². The van der Waals surface area contributed by atoms with Crippen LogP contribution >= 0.6 is 11.8 Å². The van der Waals surface area contributed by atoms with Crippen LogP contribution in [0.3, 0.4) is 0 Å². The topological polar surface area (TPSA) is 29.5 Å². The summed E-state index contributed by atoms with van der Waals surface area (Å²) >= 11 is 1.67. The van der Waals surface area contributed by atoms with E-state index in [9.17, 15) is 5.11 Å². The van der Waals surface area contributed by atoms with E-state index in [0.717, 1.165) is 16.9 Å². The third-order valence-corrected chi connectivity index (χ3v) is 3.59. The summed E-state index contributed by atoms with van der Waals surface area (Å²) in [4.78, 5) is 1.15. The van der Waals surface area contributed by atoms with Crippen molar-refractivity contribution in [1.29, 1.82) is 0 Å². The summed E-state index contributed by atoms with van der Waals surface area (Å²) in [5, 5.41) is 10.3. The molecule has 2 unspecified atom stereocenters. The maximum Gasteiger partial charge on any atom is 0.0827 e. The highest BCUT2D eigenvalue weighted by atomic mass is 32.2. The van der Waals surface area contributed by atoms with Crippen molar-refractivity contribution in [3.8, 4) is 0 Å². The minimum absolute atomic E-state index is 0.216. The molecule has 0 amide bonds. The fraction of sp³-hybridized carbons (Fsp3) is 0.538. The Balaban J connectivity index is 2.74. The third-order valence-electron chi connectivity index (χ3n) is 2.77. The molecule has 3 heteroatoms. The van der Waals surface area contributed by atoms with Crippen LogP contribution in [-0.2, 0) is 4.74 Å². The number of hydrogen-bond acceptors (Lipinski definition) is 3. The molecule has 2 nitrogen and oxygen atoms in total. The quantitative estimate of drug-likeness (QED) is 0.775. The Bertz CT molecular complexity index is 315. The van der Waals surface area contributed by atoms with Crippen LogP contribution in [-0.4, -0.2) is 25.1 Å². The van der Waals surface area contributed by atoms with E-state index in [1.165, 1.54) is 0 Å². The average molecular weight is 240 g/mol. The van der Waals surface area contributed by atoms with E-state index in [0.29, 0.717) is 6.61 Å². The van der Waals surface area contributed by atoms with Gasteiger partial charge < -0.3 is 9.84 Å². The van der Waals surface area contributed by atoms with Crippen molar-refractivity contribution in [2.45, 2.75) is 24.3 Å². The van der Waals surface area contributed by atoms with E-state index < -0.39 is 6.10 Å². The van der Waals surface area contributed by atoms with Gasteiger partial charge in [-0.05, 0) is 30.2 Å². The minimum Gasteiger partial charge on any atom is -0.388 e. The van der Waals surface area contributed by atoms with E-state index >= 15 is 0 Å². The van der Waals surface area contributed by atoms with Crippen molar-refractivity contribution < 1.29 is 9.84 Å². The van der Waals surface area contributed by atoms with Crippen molar-refractivity contribution in [1.82, 2.24) is 0 Å². The molecule has 16 heavy (non-hydrogen) atoms. The first-order valence-corrected chi connectivity index (χ1v) is 6.73. The van der Waals surface area contributed by atoms with Crippen LogP contribution in [0.1, 0.15) is 25.0 Å². The van der Waals surface area contributed by atoms with Crippen molar-refractivity contribution in [2.24, 2.45) is 5.92 Å². The second-order valence-electron chi connectivity index (χ2n) is 3.95. The number of rotatable bonds is 6. The summed E-state index contributed by atoms with van der Waals surface area (Å²) in [5.74, 6) is 0.216. The first-order chi connectivity index (χ1) is 7.70. The van der Waals surface area contributed by atoms with Gasteiger partial charge >= 0.3 is 0 Å². The Kier molecular flexibility index (Phi) is 5.88. The fourth-order valence-electron chi connectivity index (χ4n) is 1.68. The summed E-state index contributed by atoms with van der Waals surface area (Å²) in [5.41, 5.74) is 1.03. The normalized spacial score (nSPS) is 14.8. The zero-order chi connectivity index (χ0) is 12.0. The predicted molar refractivity (Wildman–Crippen MR) is 68.8 cm³/mol. The van der Waals surface area contributed by atoms with E-state index in [4.69, 9.17) is 4.74 Å². The van der Waals surface area contributed by atoms with Crippen LogP contribution in [0.25, 0.3) is 0 Å². The molecule has 2 atom stereocenters. The van der Waals surface area contributed by atoms with Gasteiger partial charge in [-0.3, -0.25) is 0 Å². The van der Waals surface area contributed by atoms with E-state index in [1.807, 2.05) is 30.5 Å². The first-order valence-electron chi connectivity index (χ1n) is 5.50. The lowest BCUT2D eigenvalue weighted by molar-refractivity contribution is 0.0867. The lowest BCUT2D eigenvalue weighted by atomic mass is 9.95. The summed E-state index contributed by atoms with van der Waals surface area (Å²) < 4.78 is 5.04. The molecule has 1 N–H and O–H groups in total. The highest BCUT2D eigenvalue weighted by molar-refractivity contribution is 7.98. The van der Waals surface area contributed by atoms with Crippen LogP contribution in [0.2, 0.25) is 0 Å². The lowest BCUT2D eigenvalue weighted by Crippen LogP contribution is -2.12. The Morgan fingerprint density at radius 2 is 2.06 bits per heavy atom. The van der Waals surface area contributed by atoms with Crippen molar-refractivity contribution in [3.63, 3.8) is 0 Å². The average Bonchev–Trinajstić information content (AvgIpc) is 2.34. The highest BCUT2D eigenvalue weighted by Gasteiger charge is 2.18. The SMILES string of the molecule is COCCC(C)C(O)c1ccccc1SC. The standard InChI is InChI=1S/C13H20O2S/c1-10(8-9-15-2)13(14)11-6-4-5-7-12(11)16-3/h4-7,10,13-14H,8-9H2,1-3H3. The van der Waals surface area contributed by atoms with Crippen LogP contribution in [0.5, 0.6) is 0 Å². The molecule has 0 bridgehead atoms. The van der Waals surface area contributed by atoms with Gasteiger partial charge in [0.25, 0.3) is 0 Å². The Morgan fingerprint density at radius 3 is 2.69 bits per heavy atom. The first kappa shape index (κ1) is 13.6. The van der Waals surface area contributed by atoms with Crippen molar-refractivity contribution >= 4 is 11.8 Å². The number of thioether (sulfide) groups is 1. The molecular formula is C13H20O2S. The number of aliphatic hydroxyl groups is 1. The van der Waals surface area contributed by atoms with Gasteiger partial charge in [-0.2, -0.15) is 0 Å². The molecule has 0 aliphatic carbocycles.